The Morgan fingerprint density at radius 2 is 2.11 bits per heavy atom. The van der Waals surface area contributed by atoms with Gasteiger partial charge in [0.05, 0.1) is 6.42 Å². The SMILES string of the molecule is CC1(C)C2CCC1(C)C(O[N+](=O)[O-])C2CC(=O)O. The van der Waals surface area contributed by atoms with E-state index < -0.39 is 17.2 Å². The second-order valence-electron chi connectivity index (χ2n) is 6.30. The minimum Gasteiger partial charge on any atom is -0.481 e. The van der Waals surface area contributed by atoms with E-state index in [1.165, 1.54) is 0 Å². The zero-order chi connectivity index (χ0) is 13.7. The number of carboxylic acid groups (broad SMARTS) is 1. The Balaban J connectivity index is 2.34. The molecule has 2 saturated carbocycles. The van der Waals surface area contributed by atoms with Gasteiger partial charge in [0.1, 0.15) is 6.10 Å². The topological polar surface area (TPSA) is 89.7 Å². The highest BCUT2D eigenvalue weighted by atomic mass is 17.0. The van der Waals surface area contributed by atoms with Crippen molar-refractivity contribution in [3.05, 3.63) is 10.1 Å². The van der Waals surface area contributed by atoms with Crippen LogP contribution in [0.5, 0.6) is 0 Å². The molecule has 102 valence electrons. The lowest BCUT2D eigenvalue weighted by Gasteiger charge is -2.38. The molecule has 4 atom stereocenters. The minimum atomic E-state index is -0.913. The van der Waals surface area contributed by atoms with Crippen molar-refractivity contribution in [1.29, 1.82) is 0 Å². The Bertz CT molecular complexity index is 394. The highest BCUT2D eigenvalue weighted by molar-refractivity contribution is 5.67. The van der Waals surface area contributed by atoms with Gasteiger partial charge in [0, 0.05) is 0 Å². The molecule has 0 aromatic carbocycles. The van der Waals surface area contributed by atoms with Crippen molar-refractivity contribution in [2.75, 3.05) is 0 Å². The van der Waals surface area contributed by atoms with E-state index in [9.17, 15) is 14.9 Å². The molecule has 0 aliphatic heterocycles. The first-order valence-corrected chi connectivity index (χ1v) is 6.23. The minimum absolute atomic E-state index is 0.0534. The number of carbonyl (C=O) groups is 1. The van der Waals surface area contributed by atoms with E-state index in [2.05, 4.69) is 13.8 Å². The van der Waals surface area contributed by atoms with Gasteiger partial charge in [0.2, 0.25) is 0 Å². The molecule has 6 heteroatoms. The summed E-state index contributed by atoms with van der Waals surface area (Å²) in [5.74, 6) is -0.992. The molecule has 2 aliphatic rings. The van der Waals surface area contributed by atoms with E-state index in [0.717, 1.165) is 12.8 Å². The average molecular weight is 257 g/mol. The molecule has 0 amide bonds. The van der Waals surface area contributed by atoms with E-state index in [1.54, 1.807) is 0 Å². The molecule has 2 fully saturated rings. The summed E-state index contributed by atoms with van der Waals surface area (Å²) in [6, 6.07) is 0. The van der Waals surface area contributed by atoms with Gasteiger partial charge in [-0.3, -0.25) is 4.79 Å². The number of carboxylic acids is 1. The molecule has 2 bridgehead atoms. The normalized spacial score (nSPS) is 40.7. The molecule has 18 heavy (non-hydrogen) atoms. The predicted octanol–water partition coefficient (Wildman–Crippen LogP) is 2.11. The summed E-state index contributed by atoms with van der Waals surface area (Å²) in [6.45, 7) is 6.13. The van der Waals surface area contributed by atoms with Gasteiger partial charge in [0.25, 0.3) is 5.09 Å². The second-order valence-corrected chi connectivity index (χ2v) is 6.30. The number of nitrogens with zero attached hydrogens (tertiary/aromatic N) is 1. The van der Waals surface area contributed by atoms with Crippen LogP contribution in [0.25, 0.3) is 0 Å². The number of hydrogen-bond donors (Lipinski definition) is 1. The summed E-state index contributed by atoms with van der Waals surface area (Å²) in [6.07, 6.45) is 1.14. The van der Waals surface area contributed by atoms with Gasteiger partial charge < -0.3 is 9.94 Å². The fourth-order valence-corrected chi connectivity index (χ4v) is 4.24. The first kappa shape index (κ1) is 13.1. The highest BCUT2D eigenvalue weighted by Gasteiger charge is 2.67. The molecule has 2 rings (SSSR count). The molecule has 4 unspecified atom stereocenters. The van der Waals surface area contributed by atoms with Crippen molar-refractivity contribution in [3.63, 3.8) is 0 Å². The highest BCUT2D eigenvalue weighted by Crippen LogP contribution is 2.69. The van der Waals surface area contributed by atoms with Crippen LogP contribution in [0.4, 0.5) is 0 Å². The van der Waals surface area contributed by atoms with E-state index >= 15 is 0 Å². The van der Waals surface area contributed by atoms with Crippen LogP contribution in [-0.2, 0) is 9.63 Å². The Kier molecular flexibility index (Phi) is 2.79. The van der Waals surface area contributed by atoms with E-state index in [4.69, 9.17) is 9.94 Å². The van der Waals surface area contributed by atoms with Crippen LogP contribution in [0.3, 0.4) is 0 Å². The molecule has 1 N–H and O–H groups in total. The van der Waals surface area contributed by atoms with Gasteiger partial charge in [-0.2, -0.15) is 0 Å². The molecule has 6 nitrogen and oxygen atoms in total. The van der Waals surface area contributed by atoms with Crippen LogP contribution in [0.1, 0.15) is 40.0 Å². The summed E-state index contributed by atoms with van der Waals surface area (Å²) >= 11 is 0. The monoisotopic (exact) mass is 257 g/mol. The fraction of sp³-hybridized carbons (Fsp3) is 0.917. The van der Waals surface area contributed by atoms with Gasteiger partial charge in [-0.25, -0.2) is 0 Å². The van der Waals surface area contributed by atoms with Crippen LogP contribution >= 0.6 is 0 Å². The Hall–Kier alpha value is -1.33. The van der Waals surface area contributed by atoms with Gasteiger partial charge in [-0.05, 0) is 35.5 Å². The Morgan fingerprint density at radius 3 is 2.61 bits per heavy atom. The summed E-state index contributed by atoms with van der Waals surface area (Å²) in [7, 11) is 0. The first-order chi connectivity index (χ1) is 8.20. The van der Waals surface area contributed by atoms with E-state index in [-0.39, 0.29) is 29.1 Å². The van der Waals surface area contributed by atoms with E-state index in [1.807, 2.05) is 6.92 Å². The van der Waals surface area contributed by atoms with Gasteiger partial charge >= 0.3 is 5.97 Å². The van der Waals surface area contributed by atoms with Gasteiger partial charge in [0.15, 0.2) is 0 Å². The molecule has 0 heterocycles. The van der Waals surface area contributed by atoms with Crippen LogP contribution in [-0.4, -0.2) is 22.3 Å². The average Bonchev–Trinajstić information content (AvgIpc) is 2.50. The smallest absolute Gasteiger partial charge is 0.303 e. The van der Waals surface area contributed by atoms with Crippen molar-refractivity contribution in [2.45, 2.75) is 46.1 Å². The maximum atomic E-state index is 11.0. The Labute approximate surface area is 105 Å². The lowest BCUT2D eigenvalue weighted by atomic mass is 9.70. The zero-order valence-electron chi connectivity index (χ0n) is 10.9. The molecule has 0 spiro atoms. The number of hydrogen-bond acceptors (Lipinski definition) is 4. The molecular formula is C12H19NO5. The quantitative estimate of drug-likeness (QED) is 0.615. The predicted molar refractivity (Wildman–Crippen MR) is 62.2 cm³/mol. The van der Waals surface area contributed by atoms with Crippen LogP contribution in [0.15, 0.2) is 0 Å². The third-order valence-electron chi connectivity index (χ3n) is 5.52. The van der Waals surface area contributed by atoms with Crippen molar-refractivity contribution in [3.8, 4) is 0 Å². The lowest BCUT2D eigenvalue weighted by Crippen LogP contribution is -2.41. The maximum absolute atomic E-state index is 11.0. The number of fused-ring (bicyclic) bond motifs is 2. The number of rotatable bonds is 4. The third kappa shape index (κ3) is 1.58. The summed E-state index contributed by atoms with van der Waals surface area (Å²) in [4.78, 5) is 26.5. The van der Waals surface area contributed by atoms with Crippen LogP contribution in [0.2, 0.25) is 0 Å². The molecule has 2 aliphatic carbocycles. The summed E-state index contributed by atoms with van der Waals surface area (Å²) in [5, 5.41) is 18.9. The van der Waals surface area contributed by atoms with Crippen molar-refractivity contribution < 1.29 is 19.8 Å². The molecular weight excluding hydrogens is 238 g/mol. The van der Waals surface area contributed by atoms with Crippen molar-refractivity contribution in [2.24, 2.45) is 22.7 Å². The van der Waals surface area contributed by atoms with E-state index in [0.29, 0.717) is 0 Å². The molecule has 0 aromatic heterocycles. The number of aliphatic carboxylic acids is 1. The lowest BCUT2D eigenvalue weighted by molar-refractivity contribution is -0.774. The summed E-state index contributed by atoms with van der Waals surface area (Å²) < 4.78 is 0. The van der Waals surface area contributed by atoms with Crippen molar-refractivity contribution in [1.82, 2.24) is 0 Å². The standard InChI is InChI=1S/C12H19NO5/c1-11(2)8-4-5-12(11,3)10(18-13(16)17)7(8)6-9(14)15/h7-8,10H,4-6H2,1-3H3,(H,14,15). The largest absolute Gasteiger partial charge is 0.481 e. The van der Waals surface area contributed by atoms with Gasteiger partial charge in [-0.15, -0.1) is 10.1 Å². The van der Waals surface area contributed by atoms with Crippen molar-refractivity contribution >= 4 is 5.97 Å². The first-order valence-electron chi connectivity index (χ1n) is 6.23. The van der Waals surface area contributed by atoms with Gasteiger partial charge in [-0.1, -0.05) is 20.8 Å². The fourth-order valence-electron chi connectivity index (χ4n) is 4.24. The van der Waals surface area contributed by atoms with Crippen LogP contribution < -0.4 is 0 Å². The maximum Gasteiger partial charge on any atom is 0.303 e. The third-order valence-corrected chi connectivity index (χ3v) is 5.52. The Morgan fingerprint density at radius 1 is 1.50 bits per heavy atom. The zero-order valence-corrected chi connectivity index (χ0v) is 10.9. The second kappa shape index (κ2) is 3.83. The molecule has 0 radical (unpaired) electrons. The van der Waals surface area contributed by atoms with Crippen LogP contribution in [0, 0.1) is 32.8 Å². The molecule has 0 aromatic rings. The molecule has 0 saturated heterocycles. The summed E-state index contributed by atoms with van der Waals surface area (Å²) in [5.41, 5.74) is -0.432.